The van der Waals surface area contributed by atoms with Gasteiger partial charge in [-0.15, -0.1) is 0 Å². The SMILES string of the molecule is COCCN1CC2CCC(C(=O)NO)(C1)N2Sc1ccc(Oc2ccc(N)cc2)nc1.O=CO. The van der Waals surface area contributed by atoms with Crippen LogP contribution in [0.25, 0.3) is 0 Å². The number of hydrogen-bond acceptors (Lipinski definition) is 10. The molecule has 184 valence electrons. The van der Waals surface area contributed by atoms with E-state index < -0.39 is 5.54 Å². The van der Waals surface area contributed by atoms with Crippen molar-refractivity contribution in [3.63, 3.8) is 0 Å². The molecule has 12 heteroatoms. The van der Waals surface area contributed by atoms with Crippen molar-refractivity contribution >= 4 is 30.0 Å². The maximum Gasteiger partial charge on any atom is 0.290 e. The molecule has 5 N–H and O–H groups in total. The Balaban J connectivity index is 0.00000103. The number of hydrogen-bond donors (Lipinski definition) is 4. The molecule has 2 unspecified atom stereocenters. The van der Waals surface area contributed by atoms with E-state index in [2.05, 4.69) is 14.2 Å². The zero-order chi connectivity index (χ0) is 24.6. The number of hydroxylamine groups is 1. The molecule has 0 radical (unpaired) electrons. The van der Waals surface area contributed by atoms with E-state index in [9.17, 15) is 10.0 Å². The highest BCUT2D eigenvalue weighted by Crippen LogP contribution is 2.46. The molecule has 34 heavy (non-hydrogen) atoms. The van der Waals surface area contributed by atoms with Gasteiger partial charge < -0.3 is 20.3 Å². The Kier molecular flexibility index (Phi) is 9.07. The fraction of sp³-hybridized carbons (Fsp3) is 0.409. The molecule has 3 heterocycles. The molecule has 2 saturated heterocycles. The third-order valence-electron chi connectivity index (χ3n) is 5.75. The van der Waals surface area contributed by atoms with Gasteiger partial charge in [-0.25, -0.2) is 14.8 Å². The van der Waals surface area contributed by atoms with Gasteiger partial charge in [0, 0.05) is 55.6 Å². The van der Waals surface area contributed by atoms with Crippen LogP contribution in [0.15, 0.2) is 47.5 Å². The summed E-state index contributed by atoms with van der Waals surface area (Å²) >= 11 is 1.50. The number of benzene rings is 1. The van der Waals surface area contributed by atoms with Crippen molar-refractivity contribution in [2.75, 3.05) is 39.1 Å². The van der Waals surface area contributed by atoms with Crippen LogP contribution in [-0.2, 0) is 14.3 Å². The third kappa shape index (κ3) is 5.96. The van der Waals surface area contributed by atoms with Crippen molar-refractivity contribution in [2.45, 2.75) is 29.3 Å². The minimum Gasteiger partial charge on any atom is -0.483 e. The average Bonchev–Trinajstić information content (AvgIpc) is 3.05. The maximum atomic E-state index is 12.7. The van der Waals surface area contributed by atoms with E-state index in [-0.39, 0.29) is 18.4 Å². The monoisotopic (exact) mass is 491 g/mol. The number of nitrogens with one attached hydrogen (secondary N) is 1. The number of carboxylic acid groups (broad SMARTS) is 1. The van der Waals surface area contributed by atoms with E-state index in [1.165, 1.54) is 11.9 Å². The number of anilines is 1. The Morgan fingerprint density at radius 1 is 1.35 bits per heavy atom. The normalized spacial score (nSPS) is 21.9. The molecular weight excluding hydrogens is 462 g/mol. The van der Waals surface area contributed by atoms with Crippen LogP contribution in [0.3, 0.4) is 0 Å². The van der Waals surface area contributed by atoms with Gasteiger partial charge in [-0.2, -0.15) is 0 Å². The summed E-state index contributed by atoms with van der Waals surface area (Å²) in [6, 6.07) is 11.0. The van der Waals surface area contributed by atoms with Crippen LogP contribution < -0.4 is 16.0 Å². The van der Waals surface area contributed by atoms with Crippen LogP contribution in [0.2, 0.25) is 0 Å². The highest BCUT2D eigenvalue weighted by molar-refractivity contribution is 7.97. The number of carbonyl (C=O) groups is 2. The van der Waals surface area contributed by atoms with Crippen molar-refractivity contribution in [2.24, 2.45) is 0 Å². The minimum atomic E-state index is -0.796. The van der Waals surface area contributed by atoms with Crippen LogP contribution in [0.4, 0.5) is 5.69 Å². The predicted octanol–water partition coefficient (Wildman–Crippen LogP) is 1.83. The van der Waals surface area contributed by atoms with Crippen molar-refractivity contribution in [1.82, 2.24) is 19.7 Å². The number of aromatic nitrogens is 1. The van der Waals surface area contributed by atoms with Crippen LogP contribution in [-0.4, -0.2) is 81.8 Å². The smallest absolute Gasteiger partial charge is 0.290 e. The number of amides is 1. The molecule has 2 atom stereocenters. The number of ether oxygens (including phenoxy) is 2. The predicted molar refractivity (Wildman–Crippen MR) is 126 cm³/mol. The first kappa shape index (κ1) is 25.7. The summed E-state index contributed by atoms with van der Waals surface area (Å²) in [5.41, 5.74) is 7.46. The molecule has 2 bridgehead atoms. The number of rotatable bonds is 8. The van der Waals surface area contributed by atoms with E-state index in [4.69, 9.17) is 25.1 Å². The maximum absolute atomic E-state index is 12.7. The van der Waals surface area contributed by atoms with E-state index >= 15 is 0 Å². The summed E-state index contributed by atoms with van der Waals surface area (Å²) in [5, 5.41) is 16.3. The Labute approximate surface area is 201 Å². The van der Waals surface area contributed by atoms with Gasteiger partial charge in [-0.05, 0) is 55.1 Å². The van der Waals surface area contributed by atoms with Gasteiger partial charge in [-0.1, -0.05) is 0 Å². The first-order chi connectivity index (χ1) is 16.4. The van der Waals surface area contributed by atoms with Gasteiger partial charge >= 0.3 is 0 Å². The fourth-order valence-electron chi connectivity index (χ4n) is 4.22. The molecule has 0 aliphatic carbocycles. The van der Waals surface area contributed by atoms with Crippen LogP contribution in [0.5, 0.6) is 11.6 Å². The van der Waals surface area contributed by atoms with Crippen molar-refractivity contribution in [1.29, 1.82) is 0 Å². The largest absolute Gasteiger partial charge is 0.483 e. The Morgan fingerprint density at radius 2 is 2.09 bits per heavy atom. The van der Waals surface area contributed by atoms with Crippen molar-refractivity contribution in [3.8, 4) is 11.6 Å². The number of nitrogens with two attached hydrogens (primary N) is 1. The van der Waals surface area contributed by atoms with E-state index in [1.54, 1.807) is 43.6 Å². The molecule has 1 aromatic heterocycles. The van der Waals surface area contributed by atoms with Gasteiger partial charge in [0.05, 0.1) is 6.61 Å². The number of fused-ring (bicyclic) bond motifs is 2. The summed E-state index contributed by atoms with van der Waals surface area (Å²) in [5.74, 6) is 0.760. The Bertz CT molecular complexity index is 948. The zero-order valence-electron chi connectivity index (χ0n) is 18.8. The number of likely N-dealkylation sites (tertiary alicyclic amines) is 1. The quantitative estimate of drug-likeness (QED) is 0.141. The summed E-state index contributed by atoms with van der Waals surface area (Å²) in [6.07, 6.45) is 3.31. The molecule has 0 saturated carbocycles. The number of methoxy groups -OCH3 is 1. The fourth-order valence-corrected chi connectivity index (χ4v) is 5.41. The summed E-state index contributed by atoms with van der Waals surface area (Å²) in [4.78, 5) is 28.6. The van der Waals surface area contributed by atoms with Crippen molar-refractivity contribution < 1.29 is 29.4 Å². The zero-order valence-corrected chi connectivity index (χ0v) is 19.6. The standard InChI is InChI=1S/C21H27N5O4S.CH2O2/c1-29-11-10-25-13-16-8-9-21(14-25,20(27)24-28)26(16)31-18-6-7-19(23-12-18)30-17-4-2-15(22)3-5-17;2-1-3/h2-7,12,16,28H,8-11,13-14,22H2,1H3,(H,24,27);1H,(H,2,3). The Morgan fingerprint density at radius 3 is 2.71 bits per heavy atom. The molecule has 1 amide bonds. The summed E-state index contributed by atoms with van der Waals surface area (Å²) < 4.78 is 13.1. The summed E-state index contributed by atoms with van der Waals surface area (Å²) in [7, 11) is 1.67. The molecular formula is C22H29N5O6S. The highest BCUT2D eigenvalue weighted by Gasteiger charge is 2.56. The molecule has 2 aliphatic heterocycles. The van der Waals surface area contributed by atoms with Gasteiger partial charge in [-0.3, -0.25) is 19.7 Å². The topological polar surface area (TPSA) is 150 Å². The molecule has 2 aliphatic rings. The lowest BCUT2D eigenvalue weighted by atomic mass is 9.96. The lowest BCUT2D eigenvalue weighted by molar-refractivity contribution is -0.141. The second-order valence-electron chi connectivity index (χ2n) is 7.92. The molecule has 11 nitrogen and oxygen atoms in total. The van der Waals surface area contributed by atoms with Crippen LogP contribution in [0, 0.1) is 0 Å². The first-order valence-corrected chi connectivity index (χ1v) is 11.4. The van der Waals surface area contributed by atoms with Crippen molar-refractivity contribution in [3.05, 3.63) is 42.6 Å². The second kappa shape index (κ2) is 12.0. The van der Waals surface area contributed by atoms with Gasteiger partial charge in [0.1, 0.15) is 11.3 Å². The van der Waals surface area contributed by atoms with E-state index in [0.29, 0.717) is 36.9 Å². The minimum absolute atomic E-state index is 0.193. The van der Waals surface area contributed by atoms with Gasteiger partial charge in [0.25, 0.3) is 12.4 Å². The van der Waals surface area contributed by atoms with E-state index in [1.807, 2.05) is 11.5 Å². The van der Waals surface area contributed by atoms with Gasteiger partial charge in [0.2, 0.25) is 5.88 Å². The average molecular weight is 492 g/mol. The lowest BCUT2D eigenvalue weighted by Crippen LogP contribution is -2.65. The number of nitrogens with zero attached hydrogens (tertiary/aromatic N) is 3. The molecule has 2 fully saturated rings. The number of carbonyl (C=O) groups excluding carboxylic acids is 1. The molecule has 4 rings (SSSR count). The highest BCUT2D eigenvalue weighted by atomic mass is 32.2. The number of pyridine rings is 1. The lowest BCUT2D eigenvalue weighted by Gasteiger charge is -2.46. The molecule has 1 aromatic carbocycles. The third-order valence-corrected chi connectivity index (χ3v) is 7.05. The van der Waals surface area contributed by atoms with Crippen LogP contribution in [0.1, 0.15) is 12.8 Å². The molecule has 0 spiro atoms. The first-order valence-electron chi connectivity index (χ1n) is 10.7. The van der Waals surface area contributed by atoms with E-state index in [0.717, 1.165) is 24.4 Å². The van der Waals surface area contributed by atoms with Gasteiger partial charge in [0.15, 0.2) is 0 Å². The summed E-state index contributed by atoms with van der Waals surface area (Å²) in [6.45, 7) is 2.50. The molecule has 2 aromatic rings. The second-order valence-corrected chi connectivity index (χ2v) is 8.97. The Hall–Kier alpha value is -2.90. The van der Waals surface area contributed by atoms with Crippen LogP contribution >= 0.6 is 11.9 Å². The number of piperazine rings is 1. The number of nitrogen functional groups attached to an aromatic ring is 1.